The highest BCUT2D eigenvalue weighted by Crippen LogP contribution is 2.11. The van der Waals surface area contributed by atoms with E-state index < -0.39 is 6.03 Å². The Morgan fingerprint density at radius 1 is 1.38 bits per heavy atom. The Kier molecular flexibility index (Phi) is 7.74. The molecule has 1 aromatic carbocycles. The summed E-state index contributed by atoms with van der Waals surface area (Å²) in [6.07, 6.45) is 0. The zero-order chi connectivity index (χ0) is 15.7. The van der Waals surface area contributed by atoms with Crippen molar-refractivity contribution < 1.29 is 14.3 Å². The molecule has 0 saturated carbocycles. The quantitative estimate of drug-likeness (QED) is 0.743. The van der Waals surface area contributed by atoms with E-state index in [1.165, 1.54) is 7.11 Å². The van der Waals surface area contributed by atoms with Crippen molar-refractivity contribution in [1.82, 2.24) is 15.5 Å². The SMILES string of the molecule is COCCNC(=O)NC(=O)CN(C)Cc1cccc(Cl)c1. The summed E-state index contributed by atoms with van der Waals surface area (Å²) in [5, 5.41) is 5.42. The molecule has 0 radical (unpaired) electrons. The van der Waals surface area contributed by atoms with Crippen LogP contribution in [0.2, 0.25) is 5.02 Å². The molecule has 0 unspecified atom stereocenters. The van der Waals surface area contributed by atoms with Gasteiger partial charge in [0.15, 0.2) is 0 Å². The van der Waals surface area contributed by atoms with Crippen molar-refractivity contribution in [3.05, 3.63) is 34.9 Å². The summed E-state index contributed by atoms with van der Waals surface area (Å²) in [5.74, 6) is -0.366. The van der Waals surface area contributed by atoms with E-state index in [1.54, 1.807) is 18.0 Å². The highest BCUT2D eigenvalue weighted by molar-refractivity contribution is 6.30. The number of halogens is 1. The molecule has 0 spiro atoms. The van der Waals surface area contributed by atoms with Crippen LogP contribution in [0.1, 0.15) is 5.56 Å². The molecule has 21 heavy (non-hydrogen) atoms. The van der Waals surface area contributed by atoms with Crippen LogP contribution < -0.4 is 10.6 Å². The summed E-state index contributed by atoms with van der Waals surface area (Å²) < 4.78 is 4.79. The summed E-state index contributed by atoms with van der Waals surface area (Å²) in [5.41, 5.74) is 1.00. The number of imide groups is 1. The maximum atomic E-state index is 11.7. The number of urea groups is 1. The number of hydrogen-bond acceptors (Lipinski definition) is 4. The molecule has 0 bridgehead atoms. The minimum absolute atomic E-state index is 0.115. The number of rotatable bonds is 7. The van der Waals surface area contributed by atoms with Gasteiger partial charge < -0.3 is 10.1 Å². The van der Waals surface area contributed by atoms with Crippen LogP contribution in [-0.4, -0.2) is 50.7 Å². The molecule has 1 aromatic rings. The van der Waals surface area contributed by atoms with E-state index in [0.29, 0.717) is 24.7 Å². The van der Waals surface area contributed by atoms with E-state index in [-0.39, 0.29) is 12.5 Å². The molecule has 6 nitrogen and oxygen atoms in total. The molecule has 0 fully saturated rings. The standard InChI is InChI=1S/C14H20ClN3O3/c1-18(9-11-4-3-5-12(15)8-11)10-13(19)17-14(20)16-6-7-21-2/h3-5,8H,6-7,9-10H2,1-2H3,(H2,16,17,19,20). The van der Waals surface area contributed by atoms with Gasteiger partial charge in [0.05, 0.1) is 13.2 Å². The number of carbonyl (C=O) groups excluding carboxylic acids is 2. The lowest BCUT2D eigenvalue weighted by Gasteiger charge is -2.16. The average molecular weight is 314 g/mol. The molecule has 7 heteroatoms. The van der Waals surface area contributed by atoms with Crippen molar-refractivity contribution in [2.75, 3.05) is 33.9 Å². The molecule has 0 aliphatic heterocycles. The highest BCUT2D eigenvalue weighted by Gasteiger charge is 2.10. The molecule has 3 amide bonds. The smallest absolute Gasteiger partial charge is 0.321 e. The normalized spacial score (nSPS) is 10.5. The fraction of sp³-hybridized carbons (Fsp3) is 0.429. The Hall–Kier alpha value is -1.63. The van der Waals surface area contributed by atoms with Crippen molar-refractivity contribution in [1.29, 1.82) is 0 Å². The number of benzene rings is 1. The molecule has 0 aromatic heterocycles. The first-order valence-electron chi connectivity index (χ1n) is 6.51. The zero-order valence-corrected chi connectivity index (χ0v) is 12.9. The highest BCUT2D eigenvalue weighted by atomic mass is 35.5. The van der Waals surface area contributed by atoms with E-state index >= 15 is 0 Å². The first kappa shape index (κ1) is 17.4. The summed E-state index contributed by atoms with van der Waals surface area (Å²) in [7, 11) is 3.33. The van der Waals surface area contributed by atoms with Gasteiger partial charge in [-0.2, -0.15) is 0 Å². The van der Waals surface area contributed by atoms with Crippen LogP contribution in [0.5, 0.6) is 0 Å². The summed E-state index contributed by atoms with van der Waals surface area (Å²) in [4.78, 5) is 24.9. The Labute approximate surface area is 129 Å². The number of nitrogens with zero attached hydrogens (tertiary/aromatic N) is 1. The molecule has 0 atom stereocenters. The Bertz CT molecular complexity index is 482. The van der Waals surface area contributed by atoms with Gasteiger partial charge in [-0.15, -0.1) is 0 Å². The lowest BCUT2D eigenvalue weighted by molar-refractivity contribution is -0.120. The van der Waals surface area contributed by atoms with Crippen molar-refractivity contribution in [3.63, 3.8) is 0 Å². The van der Waals surface area contributed by atoms with E-state index in [2.05, 4.69) is 10.6 Å². The molecule has 0 heterocycles. The molecule has 1 rings (SSSR count). The van der Waals surface area contributed by atoms with Gasteiger partial charge in [-0.05, 0) is 24.7 Å². The van der Waals surface area contributed by atoms with Crippen LogP contribution in [0.25, 0.3) is 0 Å². The van der Waals surface area contributed by atoms with E-state index in [0.717, 1.165) is 5.56 Å². The van der Waals surface area contributed by atoms with Crippen molar-refractivity contribution in [3.8, 4) is 0 Å². The van der Waals surface area contributed by atoms with Gasteiger partial charge in [0.2, 0.25) is 5.91 Å². The minimum Gasteiger partial charge on any atom is -0.383 e. The van der Waals surface area contributed by atoms with Crippen LogP contribution in [0.4, 0.5) is 4.79 Å². The fourth-order valence-electron chi connectivity index (χ4n) is 1.73. The topological polar surface area (TPSA) is 70.7 Å². The second kappa shape index (κ2) is 9.33. The molecule has 2 N–H and O–H groups in total. The number of hydrogen-bond donors (Lipinski definition) is 2. The number of methoxy groups -OCH3 is 1. The maximum absolute atomic E-state index is 11.7. The first-order chi connectivity index (χ1) is 10.0. The van der Waals surface area contributed by atoms with Gasteiger partial charge in [-0.25, -0.2) is 4.79 Å². The zero-order valence-electron chi connectivity index (χ0n) is 12.2. The largest absolute Gasteiger partial charge is 0.383 e. The summed E-state index contributed by atoms with van der Waals surface area (Å²) in [6.45, 7) is 1.44. The number of likely N-dealkylation sites (N-methyl/N-ethyl adjacent to an activating group) is 1. The van der Waals surface area contributed by atoms with Crippen LogP contribution in [0, 0.1) is 0 Å². The van der Waals surface area contributed by atoms with Gasteiger partial charge in [0.1, 0.15) is 0 Å². The third-order valence-corrected chi connectivity index (χ3v) is 2.83. The minimum atomic E-state index is -0.520. The van der Waals surface area contributed by atoms with E-state index in [4.69, 9.17) is 16.3 Å². The molecule has 0 aliphatic rings. The second-order valence-electron chi connectivity index (χ2n) is 4.60. The molecule has 0 aliphatic carbocycles. The predicted molar refractivity (Wildman–Crippen MR) is 81.2 cm³/mol. The van der Waals surface area contributed by atoms with Crippen LogP contribution in [-0.2, 0) is 16.1 Å². The van der Waals surface area contributed by atoms with Gasteiger partial charge >= 0.3 is 6.03 Å². The first-order valence-corrected chi connectivity index (χ1v) is 6.88. The van der Waals surface area contributed by atoms with E-state index in [9.17, 15) is 9.59 Å². The molecular formula is C14H20ClN3O3. The number of ether oxygens (including phenoxy) is 1. The van der Waals surface area contributed by atoms with Crippen LogP contribution in [0.15, 0.2) is 24.3 Å². The Balaban J connectivity index is 2.32. The molecule has 116 valence electrons. The third-order valence-electron chi connectivity index (χ3n) is 2.60. The lowest BCUT2D eigenvalue weighted by Crippen LogP contribution is -2.44. The maximum Gasteiger partial charge on any atom is 0.321 e. The monoisotopic (exact) mass is 313 g/mol. The number of nitrogens with one attached hydrogen (secondary N) is 2. The number of carbonyl (C=O) groups is 2. The van der Waals surface area contributed by atoms with Crippen molar-refractivity contribution >= 4 is 23.5 Å². The molecular weight excluding hydrogens is 294 g/mol. The number of amides is 3. The second-order valence-corrected chi connectivity index (χ2v) is 5.04. The average Bonchev–Trinajstić information content (AvgIpc) is 2.38. The van der Waals surface area contributed by atoms with E-state index in [1.807, 2.05) is 18.2 Å². The van der Waals surface area contributed by atoms with Crippen LogP contribution >= 0.6 is 11.6 Å². The van der Waals surface area contributed by atoms with Gasteiger partial charge in [-0.1, -0.05) is 23.7 Å². The predicted octanol–water partition coefficient (Wildman–Crippen LogP) is 1.24. The van der Waals surface area contributed by atoms with Gasteiger partial charge in [0, 0.05) is 25.2 Å². The van der Waals surface area contributed by atoms with Crippen LogP contribution in [0.3, 0.4) is 0 Å². The summed E-state index contributed by atoms with van der Waals surface area (Å²) in [6, 6.07) is 6.90. The van der Waals surface area contributed by atoms with Crippen molar-refractivity contribution in [2.24, 2.45) is 0 Å². The molecule has 0 saturated heterocycles. The fourth-order valence-corrected chi connectivity index (χ4v) is 1.94. The Morgan fingerprint density at radius 3 is 2.81 bits per heavy atom. The third kappa shape index (κ3) is 7.65. The lowest BCUT2D eigenvalue weighted by atomic mass is 10.2. The summed E-state index contributed by atoms with van der Waals surface area (Å²) >= 11 is 5.90. The van der Waals surface area contributed by atoms with Crippen molar-refractivity contribution in [2.45, 2.75) is 6.54 Å². The van der Waals surface area contributed by atoms with Gasteiger partial charge in [-0.3, -0.25) is 15.0 Å². The van der Waals surface area contributed by atoms with Gasteiger partial charge in [0.25, 0.3) is 0 Å². The Morgan fingerprint density at radius 2 is 2.14 bits per heavy atom.